The van der Waals surface area contributed by atoms with Crippen molar-refractivity contribution in [3.63, 3.8) is 0 Å². The monoisotopic (exact) mass is 291 g/mol. The SMILES string of the molecule is COc1ccc(C(N)c2c(OC)cccc2OC)cc1F. The lowest BCUT2D eigenvalue weighted by molar-refractivity contribution is 0.381. The molecule has 0 bridgehead atoms. The minimum Gasteiger partial charge on any atom is -0.496 e. The van der Waals surface area contributed by atoms with E-state index >= 15 is 0 Å². The Morgan fingerprint density at radius 2 is 1.48 bits per heavy atom. The summed E-state index contributed by atoms with van der Waals surface area (Å²) in [4.78, 5) is 0. The molecule has 0 spiro atoms. The summed E-state index contributed by atoms with van der Waals surface area (Å²) in [6, 6.07) is 9.44. The van der Waals surface area contributed by atoms with Gasteiger partial charge in [0.1, 0.15) is 11.5 Å². The van der Waals surface area contributed by atoms with Gasteiger partial charge in [0.2, 0.25) is 0 Å². The lowest BCUT2D eigenvalue weighted by atomic mass is 9.97. The number of hydrogen-bond donors (Lipinski definition) is 1. The van der Waals surface area contributed by atoms with E-state index in [1.165, 1.54) is 13.2 Å². The smallest absolute Gasteiger partial charge is 0.165 e. The van der Waals surface area contributed by atoms with E-state index in [4.69, 9.17) is 19.9 Å². The molecular weight excluding hydrogens is 273 g/mol. The van der Waals surface area contributed by atoms with Crippen LogP contribution >= 0.6 is 0 Å². The van der Waals surface area contributed by atoms with Crippen LogP contribution in [0.1, 0.15) is 17.2 Å². The molecule has 0 aliphatic carbocycles. The molecule has 0 saturated carbocycles. The number of methoxy groups -OCH3 is 3. The van der Waals surface area contributed by atoms with E-state index in [9.17, 15) is 4.39 Å². The third kappa shape index (κ3) is 2.92. The molecule has 0 saturated heterocycles. The van der Waals surface area contributed by atoms with Crippen molar-refractivity contribution in [1.82, 2.24) is 0 Å². The van der Waals surface area contributed by atoms with E-state index in [-0.39, 0.29) is 5.75 Å². The van der Waals surface area contributed by atoms with E-state index in [2.05, 4.69) is 0 Å². The van der Waals surface area contributed by atoms with Crippen LogP contribution in [0, 0.1) is 5.82 Å². The maximum absolute atomic E-state index is 13.8. The minimum atomic E-state index is -0.573. The van der Waals surface area contributed by atoms with Crippen molar-refractivity contribution in [2.45, 2.75) is 6.04 Å². The van der Waals surface area contributed by atoms with Crippen LogP contribution in [0.5, 0.6) is 17.2 Å². The van der Waals surface area contributed by atoms with Crippen LogP contribution in [0.4, 0.5) is 4.39 Å². The highest BCUT2D eigenvalue weighted by Crippen LogP contribution is 2.36. The summed E-state index contributed by atoms with van der Waals surface area (Å²) in [6.45, 7) is 0. The average Bonchev–Trinajstić information content (AvgIpc) is 2.53. The molecule has 1 unspecified atom stereocenters. The lowest BCUT2D eigenvalue weighted by Gasteiger charge is -2.19. The molecule has 2 aromatic rings. The molecule has 0 aliphatic rings. The van der Waals surface area contributed by atoms with Gasteiger partial charge in [-0.15, -0.1) is 0 Å². The second kappa shape index (κ2) is 6.45. The number of ether oxygens (including phenoxy) is 3. The van der Waals surface area contributed by atoms with Crippen LogP contribution in [0.3, 0.4) is 0 Å². The Kier molecular flexibility index (Phi) is 4.65. The molecular formula is C16H18FNO3. The van der Waals surface area contributed by atoms with Gasteiger partial charge in [0.15, 0.2) is 11.6 Å². The van der Waals surface area contributed by atoms with E-state index in [1.54, 1.807) is 38.5 Å². The predicted octanol–water partition coefficient (Wildman–Crippen LogP) is 2.90. The van der Waals surface area contributed by atoms with Gasteiger partial charge in [-0.25, -0.2) is 4.39 Å². The van der Waals surface area contributed by atoms with Crippen LogP contribution in [0.15, 0.2) is 36.4 Å². The van der Waals surface area contributed by atoms with Gasteiger partial charge < -0.3 is 19.9 Å². The van der Waals surface area contributed by atoms with Crippen LogP contribution in [-0.4, -0.2) is 21.3 Å². The van der Waals surface area contributed by atoms with E-state index < -0.39 is 11.9 Å². The number of nitrogens with two attached hydrogens (primary N) is 1. The van der Waals surface area contributed by atoms with Crippen molar-refractivity contribution in [2.75, 3.05) is 21.3 Å². The molecule has 0 heterocycles. The minimum absolute atomic E-state index is 0.179. The average molecular weight is 291 g/mol. The zero-order chi connectivity index (χ0) is 15.4. The first-order chi connectivity index (χ1) is 10.1. The lowest BCUT2D eigenvalue weighted by Crippen LogP contribution is -2.14. The Morgan fingerprint density at radius 3 is 1.95 bits per heavy atom. The highest BCUT2D eigenvalue weighted by atomic mass is 19.1. The summed E-state index contributed by atoms with van der Waals surface area (Å²) < 4.78 is 29.4. The van der Waals surface area contributed by atoms with E-state index in [0.717, 1.165) is 0 Å². The normalized spacial score (nSPS) is 11.9. The Bertz CT molecular complexity index is 609. The molecule has 2 N–H and O–H groups in total. The van der Waals surface area contributed by atoms with Crippen LogP contribution in [0.25, 0.3) is 0 Å². The van der Waals surface area contributed by atoms with E-state index in [1.807, 2.05) is 6.07 Å². The summed E-state index contributed by atoms with van der Waals surface area (Å²) in [7, 11) is 4.53. The number of rotatable bonds is 5. The van der Waals surface area contributed by atoms with Gasteiger partial charge in [0.05, 0.1) is 32.9 Å². The first kappa shape index (κ1) is 15.1. The third-order valence-electron chi connectivity index (χ3n) is 3.31. The molecule has 4 nitrogen and oxygen atoms in total. The van der Waals surface area contributed by atoms with Gasteiger partial charge in [-0.2, -0.15) is 0 Å². The molecule has 2 aromatic carbocycles. The molecule has 5 heteroatoms. The molecule has 2 rings (SSSR count). The fourth-order valence-corrected chi connectivity index (χ4v) is 2.23. The second-order valence-corrected chi connectivity index (χ2v) is 4.45. The maximum Gasteiger partial charge on any atom is 0.165 e. The summed E-state index contributed by atoms with van der Waals surface area (Å²) >= 11 is 0. The van der Waals surface area contributed by atoms with Crippen molar-refractivity contribution in [3.05, 3.63) is 53.3 Å². The summed E-state index contributed by atoms with van der Waals surface area (Å²) in [5.74, 6) is 0.911. The molecule has 0 amide bonds. The largest absolute Gasteiger partial charge is 0.496 e. The first-order valence-electron chi connectivity index (χ1n) is 6.42. The molecule has 21 heavy (non-hydrogen) atoms. The number of halogens is 1. The Labute approximate surface area is 123 Å². The van der Waals surface area contributed by atoms with Crippen LogP contribution in [0.2, 0.25) is 0 Å². The quantitative estimate of drug-likeness (QED) is 0.920. The van der Waals surface area contributed by atoms with Crippen LogP contribution in [-0.2, 0) is 0 Å². The zero-order valence-electron chi connectivity index (χ0n) is 12.2. The Balaban J connectivity index is 2.49. The predicted molar refractivity (Wildman–Crippen MR) is 78.5 cm³/mol. The van der Waals surface area contributed by atoms with Crippen molar-refractivity contribution < 1.29 is 18.6 Å². The second-order valence-electron chi connectivity index (χ2n) is 4.45. The Hall–Kier alpha value is -2.27. The molecule has 1 atom stereocenters. The van der Waals surface area contributed by atoms with Gasteiger partial charge in [-0.3, -0.25) is 0 Å². The van der Waals surface area contributed by atoms with Crippen molar-refractivity contribution in [1.29, 1.82) is 0 Å². The zero-order valence-corrected chi connectivity index (χ0v) is 12.2. The highest BCUT2D eigenvalue weighted by molar-refractivity contribution is 5.50. The standard InChI is InChI=1S/C16H18FNO3/c1-19-12-8-7-10(9-11(12)17)16(18)15-13(20-2)5-4-6-14(15)21-3/h4-9,16H,18H2,1-3H3. The van der Waals surface area contributed by atoms with Gasteiger partial charge in [-0.1, -0.05) is 12.1 Å². The molecule has 112 valence electrons. The topological polar surface area (TPSA) is 53.7 Å². The Morgan fingerprint density at radius 1 is 0.905 bits per heavy atom. The number of benzene rings is 2. The third-order valence-corrected chi connectivity index (χ3v) is 3.31. The van der Waals surface area contributed by atoms with Crippen molar-refractivity contribution in [3.8, 4) is 17.2 Å². The summed E-state index contributed by atoms with van der Waals surface area (Å²) in [5, 5.41) is 0. The first-order valence-corrected chi connectivity index (χ1v) is 6.42. The molecule has 0 fully saturated rings. The molecule has 0 radical (unpaired) electrons. The fraction of sp³-hybridized carbons (Fsp3) is 0.250. The summed E-state index contributed by atoms with van der Waals surface area (Å²) in [6.07, 6.45) is 0. The number of hydrogen-bond acceptors (Lipinski definition) is 4. The molecule has 0 aliphatic heterocycles. The van der Waals surface area contributed by atoms with Crippen LogP contribution < -0.4 is 19.9 Å². The van der Waals surface area contributed by atoms with Crippen molar-refractivity contribution >= 4 is 0 Å². The summed E-state index contributed by atoms with van der Waals surface area (Å²) in [5.41, 5.74) is 7.54. The van der Waals surface area contributed by atoms with Crippen molar-refractivity contribution in [2.24, 2.45) is 5.73 Å². The van der Waals surface area contributed by atoms with Gasteiger partial charge in [0.25, 0.3) is 0 Å². The van der Waals surface area contributed by atoms with Gasteiger partial charge >= 0.3 is 0 Å². The maximum atomic E-state index is 13.8. The van der Waals surface area contributed by atoms with E-state index in [0.29, 0.717) is 22.6 Å². The fourth-order valence-electron chi connectivity index (χ4n) is 2.23. The molecule has 0 aromatic heterocycles. The van der Waals surface area contributed by atoms with Gasteiger partial charge in [0, 0.05) is 0 Å². The van der Waals surface area contributed by atoms with Gasteiger partial charge in [-0.05, 0) is 29.8 Å². The highest BCUT2D eigenvalue weighted by Gasteiger charge is 2.20.